The average molecular weight is 406 g/mol. The zero-order valence-corrected chi connectivity index (χ0v) is 16.6. The van der Waals surface area contributed by atoms with Gasteiger partial charge < -0.3 is 19.5 Å². The molecule has 0 bridgehead atoms. The van der Waals surface area contributed by atoms with Gasteiger partial charge in [0, 0.05) is 11.8 Å². The smallest absolute Gasteiger partial charge is 0.242 e. The molecule has 0 saturated heterocycles. The van der Waals surface area contributed by atoms with Crippen LogP contribution in [0, 0.1) is 6.92 Å². The highest BCUT2D eigenvalue weighted by molar-refractivity contribution is 7.89. The van der Waals surface area contributed by atoms with Gasteiger partial charge in [-0.25, -0.2) is 8.42 Å². The summed E-state index contributed by atoms with van der Waals surface area (Å²) in [5.74, 6) is 1.24. The molecule has 1 aliphatic rings. The third-order valence-corrected chi connectivity index (χ3v) is 5.66. The molecule has 1 atom stereocenters. The number of aryl methyl sites for hydroxylation is 1. The number of fused-ring (bicyclic) bond motifs is 1. The third kappa shape index (κ3) is 4.37. The van der Waals surface area contributed by atoms with E-state index in [0.717, 1.165) is 0 Å². The Hall–Kier alpha value is -2.78. The monoisotopic (exact) mass is 406 g/mol. The summed E-state index contributed by atoms with van der Waals surface area (Å²) in [5.41, 5.74) is 1.18. The van der Waals surface area contributed by atoms with Crippen molar-refractivity contribution in [1.29, 1.82) is 0 Å². The molecule has 0 aromatic heterocycles. The maximum Gasteiger partial charge on any atom is 0.242 e. The minimum atomic E-state index is -3.87. The molecule has 0 spiro atoms. The molecule has 2 N–H and O–H groups in total. The molecule has 3 rings (SSSR count). The lowest BCUT2D eigenvalue weighted by molar-refractivity contribution is -0.117. The topological polar surface area (TPSA) is 103 Å². The lowest BCUT2D eigenvalue weighted by Gasteiger charge is -2.15. The minimum absolute atomic E-state index is 0.0659. The van der Waals surface area contributed by atoms with E-state index in [1.165, 1.54) is 19.1 Å². The van der Waals surface area contributed by atoms with Gasteiger partial charge in [0.2, 0.25) is 22.7 Å². The Kier molecular flexibility index (Phi) is 5.76. The number of hydrogen-bond donors (Lipinski definition) is 2. The van der Waals surface area contributed by atoms with E-state index < -0.39 is 22.0 Å². The molecular formula is C19H22N2O6S. The maximum absolute atomic E-state index is 12.6. The Morgan fingerprint density at radius 1 is 1.18 bits per heavy atom. The van der Waals surface area contributed by atoms with Crippen molar-refractivity contribution in [1.82, 2.24) is 4.72 Å². The van der Waals surface area contributed by atoms with Crippen LogP contribution < -0.4 is 24.2 Å². The van der Waals surface area contributed by atoms with Gasteiger partial charge in [0.05, 0.1) is 17.5 Å². The molecule has 2 aromatic rings. The molecule has 1 heterocycles. The Bertz CT molecular complexity index is 990. The zero-order valence-electron chi connectivity index (χ0n) is 15.8. The normalized spacial score (nSPS) is 13.8. The molecule has 9 heteroatoms. The molecule has 0 aliphatic carbocycles. The van der Waals surface area contributed by atoms with Crippen molar-refractivity contribution in [2.24, 2.45) is 0 Å². The highest BCUT2D eigenvalue weighted by Gasteiger charge is 2.23. The Labute approximate surface area is 163 Å². The highest BCUT2D eigenvalue weighted by Crippen LogP contribution is 2.34. The molecule has 0 saturated carbocycles. The van der Waals surface area contributed by atoms with Crippen molar-refractivity contribution >= 4 is 21.6 Å². The quantitative estimate of drug-likeness (QED) is 0.732. The molecule has 150 valence electrons. The van der Waals surface area contributed by atoms with Gasteiger partial charge in [-0.3, -0.25) is 4.79 Å². The summed E-state index contributed by atoms with van der Waals surface area (Å²) in [6.07, 6.45) is 0. The van der Waals surface area contributed by atoms with E-state index >= 15 is 0 Å². The van der Waals surface area contributed by atoms with Crippen LogP contribution in [0.4, 0.5) is 5.69 Å². The molecule has 1 aliphatic heterocycles. The van der Waals surface area contributed by atoms with Crippen LogP contribution in [0.1, 0.15) is 19.4 Å². The van der Waals surface area contributed by atoms with Crippen LogP contribution >= 0.6 is 0 Å². The van der Waals surface area contributed by atoms with E-state index in [-0.39, 0.29) is 11.7 Å². The van der Waals surface area contributed by atoms with Crippen molar-refractivity contribution in [3.05, 3.63) is 42.0 Å². The largest absolute Gasteiger partial charge is 0.494 e. The van der Waals surface area contributed by atoms with Gasteiger partial charge >= 0.3 is 0 Å². The first-order valence-corrected chi connectivity index (χ1v) is 10.2. The Morgan fingerprint density at radius 3 is 2.64 bits per heavy atom. The summed E-state index contributed by atoms with van der Waals surface area (Å²) >= 11 is 0. The average Bonchev–Trinajstić information content (AvgIpc) is 3.11. The molecular weight excluding hydrogens is 384 g/mol. The van der Waals surface area contributed by atoms with Crippen LogP contribution in [0.5, 0.6) is 17.2 Å². The lowest BCUT2D eigenvalue weighted by atomic mass is 10.2. The van der Waals surface area contributed by atoms with Crippen molar-refractivity contribution in [3.8, 4) is 17.2 Å². The second-order valence-electron chi connectivity index (χ2n) is 6.26. The second-order valence-corrected chi connectivity index (χ2v) is 7.97. The van der Waals surface area contributed by atoms with E-state index in [4.69, 9.17) is 14.2 Å². The van der Waals surface area contributed by atoms with Crippen molar-refractivity contribution in [2.75, 3.05) is 18.7 Å². The SMILES string of the molecule is CCOc1ccc(S(=O)(=O)NC(C)C(=O)Nc2ccc3c(c2)OCO3)cc1C. The fraction of sp³-hybridized carbons (Fsp3) is 0.316. The summed E-state index contributed by atoms with van der Waals surface area (Å²) in [5, 5.41) is 2.66. The number of carbonyl (C=O) groups excluding carboxylic acids is 1. The summed E-state index contributed by atoms with van der Waals surface area (Å²) < 4.78 is 43.5. The fourth-order valence-electron chi connectivity index (χ4n) is 2.69. The van der Waals surface area contributed by atoms with E-state index in [1.807, 2.05) is 6.92 Å². The van der Waals surface area contributed by atoms with Gasteiger partial charge in [0.25, 0.3) is 0 Å². The number of hydrogen-bond acceptors (Lipinski definition) is 6. The van der Waals surface area contributed by atoms with E-state index in [0.29, 0.717) is 35.1 Å². The van der Waals surface area contributed by atoms with Gasteiger partial charge in [-0.2, -0.15) is 4.72 Å². The summed E-state index contributed by atoms with van der Waals surface area (Å²) in [6.45, 7) is 5.71. The van der Waals surface area contributed by atoms with Crippen LogP contribution in [0.3, 0.4) is 0 Å². The van der Waals surface area contributed by atoms with Gasteiger partial charge in [0.1, 0.15) is 5.75 Å². The summed E-state index contributed by atoms with van der Waals surface area (Å²) in [6, 6.07) is 8.53. The van der Waals surface area contributed by atoms with Gasteiger partial charge in [0.15, 0.2) is 11.5 Å². The molecule has 8 nitrogen and oxygen atoms in total. The van der Waals surface area contributed by atoms with Crippen molar-refractivity contribution < 1.29 is 27.4 Å². The number of sulfonamides is 1. The van der Waals surface area contributed by atoms with E-state index in [1.54, 1.807) is 31.2 Å². The lowest BCUT2D eigenvalue weighted by Crippen LogP contribution is -2.41. The standard InChI is InChI=1S/C19H22N2O6S/c1-4-25-16-8-6-15(9-12(16)2)28(23,24)21-13(3)19(22)20-14-5-7-17-18(10-14)27-11-26-17/h5-10,13,21H,4,11H2,1-3H3,(H,20,22). The first-order chi connectivity index (χ1) is 13.3. The molecule has 2 aromatic carbocycles. The molecule has 0 fully saturated rings. The number of anilines is 1. The summed E-state index contributed by atoms with van der Waals surface area (Å²) in [4.78, 5) is 12.5. The summed E-state index contributed by atoms with van der Waals surface area (Å²) in [7, 11) is -3.87. The van der Waals surface area contributed by atoms with Crippen LogP contribution in [0.2, 0.25) is 0 Å². The minimum Gasteiger partial charge on any atom is -0.494 e. The number of nitrogens with one attached hydrogen (secondary N) is 2. The third-order valence-electron chi connectivity index (χ3n) is 4.12. The van der Waals surface area contributed by atoms with Gasteiger partial charge in [-0.05, 0) is 56.7 Å². The molecule has 28 heavy (non-hydrogen) atoms. The number of benzene rings is 2. The Balaban J connectivity index is 1.68. The number of carbonyl (C=O) groups is 1. The van der Waals surface area contributed by atoms with Crippen molar-refractivity contribution in [2.45, 2.75) is 31.7 Å². The van der Waals surface area contributed by atoms with Crippen LogP contribution in [-0.4, -0.2) is 33.8 Å². The van der Waals surface area contributed by atoms with Crippen LogP contribution in [-0.2, 0) is 14.8 Å². The number of amides is 1. The molecule has 1 amide bonds. The van der Waals surface area contributed by atoms with Gasteiger partial charge in [-0.15, -0.1) is 0 Å². The number of rotatable bonds is 7. The van der Waals surface area contributed by atoms with E-state index in [9.17, 15) is 13.2 Å². The second kappa shape index (κ2) is 8.07. The first-order valence-electron chi connectivity index (χ1n) is 8.76. The van der Waals surface area contributed by atoms with Gasteiger partial charge in [-0.1, -0.05) is 0 Å². The predicted octanol–water partition coefficient (Wildman–Crippen LogP) is 2.43. The fourth-order valence-corrected chi connectivity index (χ4v) is 3.97. The Morgan fingerprint density at radius 2 is 1.93 bits per heavy atom. The predicted molar refractivity (Wildman–Crippen MR) is 103 cm³/mol. The molecule has 0 radical (unpaired) electrons. The number of ether oxygens (including phenoxy) is 3. The first kappa shape index (κ1) is 20.0. The highest BCUT2D eigenvalue weighted by atomic mass is 32.2. The maximum atomic E-state index is 12.6. The van der Waals surface area contributed by atoms with Crippen molar-refractivity contribution in [3.63, 3.8) is 0 Å². The molecule has 1 unspecified atom stereocenters. The zero-order chi connectivity index (χ0) is 20.3. The van der Waals surface area contributed by atoms with Crippen LogP contribution in [0.15, 0.2) is 41.3 Å². The van der Waals surface area contributed by atoms with Crippen LogP contribution in [0.25, 0.3) is 0 Å². The van der Waals surface area contributed by atoms with E-state index in [2.05, 4.69) is 10.0 Å².